The van der Waals surface area contributed by atoms with Crippen molar-refractivity contribution >= 4 is 17.4 Å². The second kappa shape index (κ2) is 5.43. The van der Waals surface area contributed by atoms with Crippen LogP contribution in [0, 0.1) is 6.92 Å². The molecule has 0 bridgehead atoms. The van der Waals surface area contributed by atoms with Gasteiger partial charge >= 0.3 is 6.18 Å². The molecule has 1 heterocycles. The van der Waals surface area contributed by atoms with E-state index in [-0.39, 0.29) is 5.82 Å². The van der Waals surface area contributed by atoms with E-state index in [1.807, 2.05) is 13.0 Å². The summed E-state index contributed by atoms with van der Waals surface area (Å²) in [5.41, 5.74) is 4.85. The molecule has 0 unspecified atom stereocenters. The predicted molar refractivity (Wildman–Crippen MR) is 72.8 cm³/mol. The first-order chi connectivity index (χ1) is 9.77. The zero-order valence-electron chi connectivity index (χ0n) is 11.0. The highest BCUT2D eigenvalue weighted by molar-refractivity contribution is 6.05. The summed E-state index contributed by atoms with van der Waals surface area (Å²) in [5.74, 6) is -1.19. The lowest BCUT2D eigenvalue weighted by atomic mass is 10.1. The summed E-state index contributed by atoms with van der Waals surface area (Å²) in [6, 6.07) is 7.38. The van der Waals surface area contributed by atoms with Gasteiger partial charge in [-0.25, -0.2) is 4.98 Å². The Kier molecular flexibility index (Phi) is 3.84. The summed E-state index contributed by atoms with van der Waals surface area (Å²) in [5, 5.41) is 2.41. The van der Waals surface area contributed by atoms with Gasteiger partial charge in [-0.1, -0.05) is 12.1 Å². The number of pyridine rings is 1. The molecule has 0 fully saturated rings. The molecule has 1 amide bonds. The molecular formula is C14H12F3N3O. The Balaban J connectivity index is 2.35. The first-order valence-electron chi connectivity index (χ1n) is 5.98. The van der Waals surface area contributed by atoms with Crippen LogP contribution in [0.4, 0.5) is 24.7 Å². The Bertz CT molecular complexity index is 683. The van der Waals surface area contributed by atoms with E-state index in [4.69, 9.17) is 5.73 Å². The van der Waals surface area contributed by atoms with Crippen LogP contribution in [-0.2, 0) is 6.18 Å². The molecule has 2 rings (SSSR count). The molecular weight excluding hydrogens is 283 g/mol. The summed E-state index contributed by atoms with van der Waals surface area (Å²) in [4.78, 5) is 15.6. The summed E-state index contributed by atoms with van der Waals surface area (Å²) in [7, 11) is 0. The SMILES string of the molecule is Cc1cccc(NC(=O)c2cnc(N)cc2C(F)(F)F)c1. The molecule has 0 saturated carbocycles. The number of anilines is 2. The number of nitrogens with one attached hydrogen (secondary N) is 1. The largest absolute Gasteiger partial charge is 0.417 e. The van der Waals surface area contributed by atoms with Crippen molar-refractivity contribution in [2.45, 2.75) is 13.1 Å². The average molecular weight is 295 g/mol. The third-order valence-corrected chi connectivity index (χ3v) is 2.75. The van der Waals surface area contributed by atoms with Crippen molar-refractivity contribution in [1.82, 2.24) is 4.98 Å². The monoisotopic (exact) mass is 295 g/mol. The first-order valence-corrected chi connectivity index (χ1v) is 5.98. The van der Waals surface area contributed by atoms with E-state index in [9.17, 15) is 18.0 Å². The topological polar surface area (TPSA) is 68.0 Å². The van der Waals surface area contributed by atoms with Crippen LogP contribution in [0.2, 0.25) is 0 Å². The number of aryl methyl sites for hydroxylation is 1. The molecule has 0 aliphatic rings. The number of hydrogen-bond donors (Lipinski definition) is 2. The van der Waals surface area contributed by atoms with E-state index in [0.717, 1.165) is 11.8 Å². The molecule has 4 nitrogen and oxygen atoms in total. The molecule has 0 saturated heterocycles. The Morgan fingerprint density at radius 3 is 2.62 bits per heavy atom. The van der Waals surface area contributed by atoms with Crippen LogP contribution in [0.5, 0.6) is 0 Å². The van der Waals surface area contributed by atoms with Crippen molar-refractivity contribution in [3.05, 3.63) is 53.2 Å². The van der Waals surface area contributed by atoms with Crippen LogP contribution in [0.25, 0.3) is 0 Å². The zero-order chi connectivity index (χ0) is 15.6. The fourth-order valence-electron chi connectivity index (χ4n) is 1.81. The maximum Gasteiger partial charge on any atom is 0.417 e. The molecule has 7 heteroatoms. The maximum absolute atomic E-state index is 12.9. The molecule has 110 valence electrons. The Hall–Kier alpha value is -2.57. The van der Waals surface area contributed by atoms with Gasteiger partial charge in [-0.2, -0.15) is 13.2 Å². The molecule has 0 spiro atoms. The molecule has 0 atom stereocenters. The first kappa shape index (κ1) is 14.8. The molecule has 3 N–H and O–H groups in total. The minimum Gasteiger partial charge on any atom is -0.384 e. The number of nitrogens with zero attached hydrogens (tertiary/aromatic N) is 1. The van der Waals surface area contributed by atoms with Crippen LogP contribution >= 0.6 is 0 Å². The molecule has 1 aromatic heterocycles. The van der Waals surface area contributed by atoms with Gasteiger partial charge in [0.05, 0.1) is 11.1 Å². The van der Waals surface area contributed by atoms with E-state index in [1.165, 1.54) is 0 Å². The van der Waals surface area contributed by atoms with E-state index >= 15 is 0 Å². The molecule has 1 aromatic carbocycles. The smallest absolute Gasteiger partial charge is 0.384 e. The summed E-state index contributed by atoms with van der Waals surface area (Å²) < 4.78 is 38.8. The van der Waals surface area contributed by atoms with Crippen LogP contribution in [0.3, 0.4) is 0 Å². The molecule has 0 aliphatic heterocycles. The quantitative estimate of drug-likeness (QED) is 0.893. The number of aromatic nitrogens is 1. The van der Waals surface area contributed by atoms with Crippen molar-refractivity contribution in [2.24, 2.45) is 0 Å². The third kappa shape index (κ3) is 3.50. The minimum absolute atomic E-state index is 0.297. The predicted octanol–water partition coefficient (Wildman–Crippen LogP) is 3.24. The Morgan fingerprint density at radius 1 is 1.29 bits per heavy atom. The number of rotatable bonds is 2. The third-order valence-electron chi connectivity index (χ3n) is 2.75. The van der Waals surface area contributed by atoms with Gasteiger partial charge in [0.25, 0.3) is 5.91 Å². The van der Waals surface area contributed by atoms with Gasteiger partial charge in [0.1, 0.15) is 5.82 Å². The molecule has 21 heavy (non-hydrogen) atoms. The minimum atomic E-state index is -4.68. The lowest BCUT2D eigenvalue weighted by molar-refractivity contribution is -0.137. The highest BCUT2D eigenvalue weighted by Crippen LogP contribution is 2.33. The average Bonchev–Trinajstić information content (AvgIpc) is 2.37. The molecule has 0 aliphatic carbocycles. The number of benzene rings is 1. The number of nitrogens with two attached hydrogens (primary N) is 1. The highest BCUT2D eigenvalue weighted by Gasteiger charge is 2.35. The van der Waals surface area contributed by atoms with Crippen LogP contribution in [0.1, 0.15) is 21.5 Å². The summed E-state index contributed by atoms with van der Waals surface area (Å²) in [6.07, 6.45) is -3.86. The van der Waals surface area contributed by atoms with Gasteiger partial charge in [-0.15, -0.1) is 0 Å². The molecule has 0 radical (unpaired) electrons. The number of halogens is 3. The van der Waals surface area contributed by atoms with Gasteiger partial charge in [0, 0.05) is 11.9 Å². The summed E-state index contributed by atoms with van der Waals surface area (Å²) >= 11 is 0. The second-order valence-corrected chi connectivity index (χ2v) is 4.48. The number of carbonyl (C=O) groups excluding carboxylic acids is 1. The van der Waals surface area contributed by atoms with Crippen molar-refractivity contribution in [1.29, 1.82) is 0 Å². The van der Waals surface area contributed by atoms with Crippen molar-refractivity contribution in [2.75, 3.05) is 11.1 Å². The van der Waals surface area contributed by atoms with E-state index < -0.39 is 23.2 Å². The van der Waals surface area contributed by atoms with E-state index in [2.05, 4.69) is 10.3 Å². The van der Waals surface area contributed by atoms with Crippen molar-refractivity contribution in [3.8, 4) is 0 Å². The van der Waals surface area contributed by atoms with E-state index in [1.54, 1.807) is 18.2 Å². The highest BCUT2D eigenvalue weighted by atomic mass is 19.4. The molecule has 2 aromatic rings. The van der Waals surface area contributed by atoms with Gasteiger partial charge in [0.15, 0.2) is 0 Å². The van der Waals surface area contributed by atoms with Crippen LogP contribution < -0.4 is 11.1 Å². The fourth-order valence-corrected chi connectivity index (χ4v) is 1.81. The van der Waals surface area contributed by atoms with Gasteiger partial charge in [-0.05, 0) is 30.7 Å². The zero-order valence-corrected chi connectivity index (χ0v) is 11.0. The number of nitrogen functional groups attached to an aromatic ring is 1. The Morgan fingerprint density at radius 2 is 2.00 bits per heavy atom. The number of alkyl halides is 3. The lowest BCUT2D eigenvalue weighted by Gasteiger charge is -2.13. The number of amides is 1. The Labute approximate surface area is 118 Å². The van der Waals surface area contributed by atoms with Crippen molar-refractivity contribution < 1.29 is 18.0 Å². The maximum atomic E-state index is 12.9. The van der Waals surface area contributed by atoms with Gasteiger partial charge in [0.2, 0.25) is 0 Å². The van der Waals surface area contributed by atoms with Crippen LogP contribution in [-0.4, -0.2) is 10.9 Å². The summed E-state index contributed by atoms with van der Waals surface area (Å²) in [6.45, 7) is 1.81. The van der Waals surface area contributed by atoms with Crippen molar-refractivity contribution in [3.63, 3.8) is 0 Å². The number of hydrogen-bond acceptors (Lipinski definition) is 3. The van der Waals surface area contributed by atoms with E-state index in [0.29, 0.717) is 11.8 Å². The standard InChI is InChI=1S/C14H12F3N3O/c1-8-3-2-4-9(5-8)20-13(21)10-7-19-12(18)6-11(10)14(15,16)17/h2-7H,1H3,(H2,18,19)(H,20,21). The normalized spacial score (nSPS) is 11.2. The second-order valence-electron chi connectivity index (χ2n) is 4.48. The van der Waals surface area contributed by atoms with Gasteiger partial charge < -0.3 is 11.1 Å². The van der Waals surface area contributed by atoms with Crippen LogP contribution in [0.15, 0.2) is 36.5 Å². The number of carbonyl (C=O) groups is 1. The lowest BCUT2D eigenvalue weighted by Crippen LogP contribution is -2.19. The van der Waals surface area contributed by atoms with Gasteiger partial charge in [-0.3, -0.25) is 4.79 Å². The fraction of sp³-hybridized carbons (Fsp3) is 0.143.